The summed E-state index contributed by atoms with van der Waals surface area (Å²) in [5.74, 6) is 0.0707. The van der Waals surface area contributed by atoms with Crippen LogP contribution in [0.25, 0.3) is 0 Å². The maximum Gasteiger partial charge on any atom is 0.270 e. The van der Waals surface area contributed by atoms with Gasteiger partial charge in [-0.1, -0.05) is 6.07 Å². The number of hydrogen-bond acceptors (Lipinski definition) is 5. The average molecular weight is 274 g/mol. The first kappa shape index (κ1) is 14.7. The van der Waals surface area contributed by atoms with Crippen molar-refractivity contribution in [3.8, 4) is 0 Å². The second-order valence-corrected chi connectivity index (χ2v) is 3.73. The number of rotatable bonds is 3. The van der Waals surface area contributed by atoms with Gasteiger partial charge < -0.3 is 20.5 Å². The highest BCUT2D eigenvalue weighted by atomic mass is 35.5. The Morgan fingerprint density at radius 3 is 3.00 bits per heavy atom. The predicted octanol–water partition coefficient (Wildman–Crippen LogP) is 0.231. The van der Waals surface area contributed by atoms with Crippen LogP contribution in [0.4, 0.5) is 5.82 Å². The second-order valence-electron chi connectivity index (χ2n) is 3.73. The van der Waals surface area contributed by atoms with Crippen molar-refractivity contribution in [3.05, 3.63) is 23.9 Å². The van der Waals surface area contributed by atoms with E-state index < -0.39 is 0 Å². The van der Waals surface area contributed by atoms with Crippen molar-refractivity contribution in [3.63, 3.8) is 0 Å². The molecule has 0 aromatic carbocycles. The summed E-state index contributed by atoms with van der Waals surface area (Å²) in [6.45, 7) is 2.10. The molecule has 0 aliphatic carbocycles. The van der Waals surface area contributed by atoms with Gasteiger partial charge in [0.25, 0.3) is 5.91 Å². The van der Waals surface area contributed by atoms with Crippen LogP contribution in [0.5, 0.6) is 0 Å². The minimum atomic E-state index is -0.258. The maximum atomic E-state index is 11.7. The molecular weight excluding hydrogens is 258 g/mol. The zero-order valence-electron chi connectivity index (χ0n) is 9.80. The maximum absolute atomic E-state index is 11.7. The summed E-state index contributed by atoms with van der Waals surface area (Å²) >= 11 is 0. The van der Waals surface area contributed by atoms with E-state index in [1.165, 1.54) is 0 Å². The second kappa shape index (κ2) is 7.15. The first-order valence-electron chi connectivity index (χ1n) is 5.46. The SMILES string of the molecule is Cl.Nc1cccc(C(=O)NCC2COCCO2)n1. The molecule has 0 saturated carbocycles. The van der Waals surface area contributed by atoms with E-state index in [0.717, 1.165) is 0 Å². The van der Waals surface area contributed by atoms with E-state index in [0.29, 0.717) is 37.9 Å². The van der Waals surface area contributed by atoms with Crippen LogP contribution in [0.2, 0.25) is 0 Å². The Bertz CT molecular complexity index is 397. The number of nitrogens with zero attached hydrogens (tertiary/aromatic N) is 1. The minimum absolute atomic E-state index is 0. The topological polar surface area (TPSA) is 86.5 Å². The Labute approximate surface area is 111 Å². The smallest absolute Gasteiger partial charge is 0.270 e. The standard InChI is InChI=1S/C11H15N3O3.ClH/c12-10-3-1-2-9(14-10)11(15)13-6-8-7-16-4-5-17-8;/h1-3,8H,4-7H2,(H2,12,14)(H,13,15);1H. The molecule has 1 aliphatic heterocycles. The molecule has 6 nitrogen and oxygen atoms in total. The minimum Gasteiger partial charge on any atom is -0.384 e. The molecule has 1 saturated heterocycles. The van der Waals surface area contributed by atoms with Crippen molar-refractivity contribution in [2.24, 2.45) is 0 Å². The summed E-state index contributed by atoms with van der Waals surface area (Å²) in [5, 5.41) is 2.73. The zero-order chi connectivity index (χ0) is 12.1. The normalized spacial score (nSPS) is 18.8. The summed E-state index contributed by atoms with van der Waals surface area (Å²) in [5.41, 5.74) is 5.81. The van der Waals surface area contributed by atoms with Crippen molar-refractivity contribution in [2.45, 2.75) is 6.10 Å². The van der Waals surface area contributed by atoms with Crippen molar-refractivity contribution < 1.29 is 14.3 Å². The van der Waals surface area contributed by atoms with Crippen LogP contribution in [0, 0.1) is 0 Å². The average Bonchev–Trinajstić information content (AvgIpc) is 2.37. The van der Waals surface area contributed by atoms with Gasteiger partial charge in [0.1, 0.15) is 11.5 Å². The molecule has 7 heteroatoms. The summed E-state index contributed by atoms with van der Waals surface area (Å²) < 4.78 is 10.6. The van der Waals surface area contributed by atoms with Gasteiger partial charge in [-0.05, 0) is 12.1 Å². The van der Waals surface area contributed by atoms with Gasteiger partial charge in [-0.15, -0.1) is 12.4 Å². The molecule has 18 heavy (non-hydrogen) atoms. The first-order valence-corrected chi connectivity index (χ1v) is 5.46. The van der Waals surface area contributed by atoms with E-state index in [4.69, 9.17) is 15.2 Å². The monoisotopic (exact) mass is 273 g/mol. The summed E-state index contributed by atoms with van der Waals surface area (Å²) in [6, 6.07) is 4.94. The summed E-state index contributed by atoms with van der Waals surface area (Å²) in [7, 11) is 0. The number of nitrogen functional groups attached to an aromatic ring is 1. The molecule has 100 valence electrons. The Kier molecular flexibility index (Phi) is 5.84. The molecule has 0 radical (unpaired) electrons. The molecule has 0 spiro atoms. The van der Waals surface area contributed by atoms with Crippen LogP contribution < -0.4 is 11.1 Å². The van der Waals surface area contributed by atoms with Crippen molar-refractivity contribution in [2.75, 3.05) is 32.1 Å². The van der Waals surface area contributed by atoms with Gasteiger partial charge in [0.15, 0.2) is 0 Å². The van der Waals surface area contributed by atoms with E-state index in [-0.39, 0.29) is 24.4 Å². The van der Waals surface area contributed by atoms with Gasteiger partial charge in [-0.2, -0.15) is 0 Å². The van der Waals surface area contributed by atoms with Crippen LogP contribution >= 0.6 is 12.4 Å². The molecule has 2 heterocycles. The Hall–Kier alpha value is -1.37. The molecule has 1 unspecified atom stereocenters. The van der Waals surface area contributed by atoms with Crippen molar-refractivity contribution >= 4 is 24.1 Å². The third-order valence-corrected chi connectivity index (χ3v) is 2.38. The van der Waals surface area contributed by atoms with Gasteiger partial charge in [0.05, 0.1) is 25.9 Å². The molecule has 1 aromatic heterocycles. The molecule has 1 aromatic rings. The van der Waals surface area contributed by atoms with E-state index >= 15 is 0 Å². The third kappa shape index (κ3) is 4.14. The highest BCUT2D eigenvalue weighted by Gasteiger charge is 2.16. The number of amides is 1. The number of halogens is 1. The fourth-order valence-electron chi connectivity index (χ4n) is 1.53. The summed E-state index contributed by atoms with van der Waals surface area (Å²) in [6.07, 6.45) is -0.0891. The van der Waals surface area contributed by atoms with Gasteiger partial charge >= 0.3 is 0 Å². The van der Waals surface area contributed by atoms with Crippen LogP contribution in [0.1, 0.15) is 10.5 Å². The number of ether oxygens (including phenoxy) is 2. The van der Waals surface area contributed by atoms with Crippen LogP contribution in [0.3, 0.4) is 0 Å². The lowest BCUT2D eigenvalue weighted by Crippen LogP contribution is -2.39. The van der Waals surface area contributed by atoms with E-state index in [2.05, 4.69) is 10.3 Å². The molecule has 0 bridgehead atoms. The Morgan fingerprint density at radius 2 is 2.33 bits per heavy atom. The van der Waals surface area contributed by atoms with Gasteiger partial charge in [0.2, 0.25) is 0 Å². The Morgan fingerprint density at radius 1 is 1.50 bits per heavy atom. The Balaban J connectivity index is 0.00000162. The lowest BCUT2D eigenvalue weighted by molar-refractivity contribution is -0.0855. The number of nitrogens with two attached hydrogens (primary N) is 1. The molecule has 1 aliphatic rings. The van der Waals surface area contributed by atoms with Crippen molar-refractivity contribution in [1.82, 2.24) is 10.3 Å². The molecule has 1 amide bonds. The van der Waals surface area contributed by atoms with E-state index in [1.54, 1.807) is 18.2 Å². The third-order valence-electron chi connectivity index (χ3n) is 2.38. The number of carbonyl (C=O) groups excluding carboxylic acids is 1. The van der Waals surface area contributed by atoms with Gasteiger partial charge in [-0.3, -0.25) is 4.79 Å². The number of pyridine rings is 1. The van der Waals surface area contributed by atoms with E-state index in [9.17, 15) is 4.79 Å². The quantitative estimate of drug-likeness (QED) is 0.823. The van der Waals surface area contributed by atoms with Gasteiger partial charge in [0, 0.05) is 6.54 Å². The fourth-order valence-corrected chi connectivity index (χ4v) is 1.53. The number of nitrogens with one attached hydrogen (secondary N) is 1. The molecule has 1 fully saturated rings. The predicted molar refractivity (Wildman–Crippen MR) is 68.8 cm³/mol. The number of aromatic nitrogens is 1. The van der Waals surface area contributed by atoms with Crippen LogP contribution in [-0.4, -0.2) is 43.4 Å². The highest BCUT2D eigenvalue weighted by Crippen LogP contribution is 2.02. The summed E-state index contributed by atoms with van der Waals surface area (Å²) in [4.78, 5) is 15.6. The number of anilines is 1. The largest absolute Gasteiger partial charge is 0.384 e. The number of carbonyl (C=O) groups is 1. The van der Waals surface area contributed by atoms with Gasteiger partial charge in [-0.25, -0.2) is 4.98 Å². The highest BCUT2D eigenvalue weighted by molar-refractivity contribution is 5.92. The lowest BCUT2D eigenvalue weighted by Gasteiger charge is -2.22. The number of hydrogen-bond donors (Lipinski definition) is 2. The molecule has 3 N–H and O–H groups in total. The van der Waals surface area contributed by atoms with E-state index in [1.807, 2.05) is 0 Å². The molecular formula is C11H16ClN3O3. The molecule has 1 atom stereocenters. The molecule has 2 rings (SSSR count). The lowest BCUT2D eigenvalue weighted by atomic mass is 10.3. The van der Waals surface area contributed by atoms with Crippen molar-refractivity contribution in [1.29, 1.82) is 0 Å². The van der Waals surface area contributed by atoms with Crippen LogP contribution in [-0.2, 0) is 9.47 Å². The zero-order valence-corrected chi connectivity index (χ0v) is 10.6. The fraction of sp³-hybridized carbons (Fsp3) is 0.455. The first-order chi connectivity index (χ1) is 8.25. The van der Waals surface area contributed by atoms with Crippen LogP contribution in [0.15, 0.2) is 18.2 Å².